The fourth-order valence-corrected chi connectivity index (χ4v) is 7.19. The number of Topliss-reactive ketones (excluding diaryl/α,β-unsaturated/α-hetero) is 2. The van der Waals surface area contributed by atoms with E-state index in [0.29, 0.717) is 57.8 Å². The first-order valence-corrected chi connectivity index (χ1v) is 21.6. The maximum Gasteiger partial charge on any atom is 0.258 e. The molecule has 0 aliphatic carbocycles. The zero-order valence-corrected chi connectivity index (χ0v) is 38.0. The van der Waals surface area contributed by atoms with Crippen molar-refractivity contribution in [2.75, 3.05) is 21.3 Å². The first-order valence-electron chi connectivity index (χ1n) is 19.8. The summed E-state index contributed by atoms with van der Waals surface area (Å²) in [5, 5.41) is 27.2. The van der Waals surface area contributed by atoms with Gasteiger partial charge < -0.3 is 21.3 Å². The van der Waals surface area contributed by atoms with E-state index < -0.39 is 47.3 Å². The van der Waals surface area contributed by atoms with E-state index in [0.717, 1.165) is 0 Å². The smallest absolute Gasteiger partial charge is 0.258 e. The second-order valence-corrected chi connectivity index (χ2v) is 15.4. The zero-order valence-electron chi connectivity index (χ0n) is 35.0. The Morgan fingerprint density at radius 1 is 0.500 bits per heavy atom. The van der Waals surface area contributed by atoms with Gasteiger partial charge in [0.25, 0.3) is 23.6 Å². The number of carbonyl (C=O) groups is 6. The predicted molar refractivity (Wildman–Crippen MR) is 251 cm³/mol. The number of rotatable bonds is 18. The molecule has 5 aromatic rings. The Morgan fingerprint density at radius 3 is 1.22 bits per heavy atom. The number of benzene rings is 5. The van der Waals surface area contributed by atoms with E-state index in [4.69, 9.17) is 46.4 Å². The number of nitrogens with one attached hydrogen (secondary N) is 4. The number of alkyl halides is 2. The molecule has 0 aliphatic heterocycles. The molecule has 0 radical (unpaired) electrons. The number of ketones is 2. The van der Waals surface area contributed by atoms with Crippen molar-refractivity contribution in [1.82, 2.24) is 0 Å². The molecule has 0 saturated heterocycles. The van der Waals surface area contributed by atoms with Crippen molar-refractivity contribution in [3.05, 3.63) is 140 Å². The highest BCUT2D eigenvalue weighted by Gasteiger charge is 2.27. The van der Waals surface area contributed by atoms with Crippen molar-refractivity contribution < 1.29 is 28.8 Å². The Morgan fingerprint density at radius 2 is 0.875 bits per heavy atom. The van der Waals surface area contributed by atoms with E-state index in [1.807, 2.05) is 13.8 Å². The Bertz CT molecular complexity index is 2490. The maximum atomic E-state index is 13.6. The van der Waals surface area contributed by atoms with Crippen LogP contribution in [0.3, 0.4) is 0 Å². The SMILES string of the molecule is CCc1cc(NC(=O)C(N=Nc2cccc(C(=O)Nc3ccccc3CCl)c2Cl)C(C)=O)c(CC)cc1NC(=O)C(N=Nc1cccc(C(=O)Nc2ccccc2CCl)c1Cl)C(C)=O. The molecular weight excluding hydrogens is 902 g/mol. The van der Waals surface area contributed by atoms with Gasteiger partial charge in [0.2, 0.25) is 12.1 Å². The molecule has 330 valence electrons. The quantitative estimate of drug-likeness (QED) is 0.0382. The summed E-state index contributed by atoms with van der Waals surface area (Å²) in [6.07, 6.45) is 0.759. The second-order valence-electron chi connectivity index (χ2n) is 14.1. The standard InChI is InChI=1S/C46H42Cl4N8O6/c1-5-27-21-38(54-46(64)42(26(4)60)58-56-36-20-12-16-32(40(36)50)44(62)52-34-18-10-8-14-30(34)24-48)28(6-2)22-37(27)53-45(63)41(25(3)59)57-55-35-19-11-15-31(39(35)49)43(61)51-33-17-9-7-13-29(33)23-47/h7-22,41-42H,5-6,23-24H2,1-4H3,(H,51,61)(H,52,62)(H,53,63)(H,54,64). The van der Waals surface area contributed by atoms with E-state index in [1.165, 1.54) is 50.2 Å². The van der Waals surface area contributed by atoms with Crippen LogP contribution in [0.1, 0.15) is 70.7 Å². The molecule has 0 spiro atoms. The van der Waals surface area contributed by atoms with Crippen LogP contribution >= 0.6 is 46.4 Å². The zero-order chi connectivity index (χ0) is 46.5. The largest absolute Gasteiger partial charge is 0.323 e. The van der Waals surface area contributed by atoms with Gasteiger partial charge in [-0.05, 0) is 97.5 Å². The van der Waals surface area contributed by atoms with Gasteiger partial charge in [0.05, 0.1) is 21.2 Å². The van der Waals surface area contributed by atoms with Crippen LogP contribution in [0, 0.1) is 0 Å². The molecule has 0 bridgehead atoms. The molecule has 18 heteroatoms. The highest BCUT2D eigenvalue weighted by atomic mass is 35.5. The lowest BCUT2D eigenvalue weighted by molar-refractivity contribution is -0.127. The van der Waals surface area contributed by atoms with Crippen molar-refractivity contribution in [1.29, 1.82) is 0 Å². The lowest BCUT2D eigenvalue weighted by Gasteiger charge is -2.18. The lowest BCUT2D eigenvalue weighted by Crippen LogP contribution is -2.33. The number of azo groups is 2. The third kappa shape index (κ3) is 12.0. The summed E-state index contributed by atoms with van der Waals surface area (Å²) in [6, 6.07) is 23.2. The van der Waals surface area contributed by atoms with Crippen LogP contribution < -0.4 is 21.3 Å². The molecule has 4 N–H and O–H groups in total. The monoisotopic (exact) mass is 942 g/mol. The highest BCUT2D eigenvalue weighted by molar-refractivity contribution is 6.37. The lowest BCUT2D eigenvalue weighted by atomic mass is 10.0. The number of anilines is 4. The Kier molecular flexibility index (Phi) is 17.4. The Balaban J connectivity index is 1.31. The molecule has 14 nitrogen and oxygen atoms in total. The minimum absolute atomic E-state index is 0.0503. The van der Waals surface area contributed by atoms with Crippen molar-refractivity contribution in [3.63, 3.8) is 0 Å². The number of hydrogen-bond acceptors (Lipinski definition) is 10. The van der Waals surface area contributed by atoms with Crippen LogP contribution in [0.15, 0.2) is 118 Å². The number of halogens is 4. The summed E-state index contributed by atoms with van der Waals surface area (Å²) in [5.74, 6) is -3.51. The first kappa shape index (κ1) is 48.7. The number of amides is 4. The number of nitrogens with zero attached hydrogens (tertiary/aromatic N) is 4. The van der Waals surface area contributed by atoms with Gasteiger partial charge >= 0.3 is 0 Å². The van der Waals surface area contributed by atoms with Gasteiger partial charge in [-0.15, -0.1) is 23.2 Å². The van der Waals surface area contributed by atoms with Crippen molar-refractivity contribution >= 4 is 116 Å². The normalized spacial score (nSPS) is 12.1. The molecule has 0 saturated carbocycles. The van der Waals surface area contributed by atoms with Crippen LogP contribution in [-0.4, -0.2) is 47.3 Å². The number of hydrogen-bond donors (Lipinski definition) is 4. The highest BCUT2D eigenvalue weighted by Crippen LogP contribution is 2.33. The Labute approximate surface area is 389 Å². The minimum atomic E-state index is -1.59. The number of carbonyl (C=O) groups excluding carboxylic acids is 6. The van der Waals surface area contributed by atoms with E-state index in [9.17, 15) is 28.8 Å². The van der Waals surface area contributed by atoms with Gasteiger partial charge in [-0.1, -0.05) is 85.6 Å². The summed E-state index contributed by atoms with van der Waals surface area (Å²) in [5.41, 5.74) is 4.55. The average molecular weight is 945 g/mol. The van der Waals surface area contributed by atoms with E-state index >= 15 is 0 Å². The fraction of sp³-hybridized carbons (Fsp3) is 0.217. The molecule has 0 aliphatic rings. The molecular formula is C46H42Cl4N8O6. The molecule has 4 amide bonds. The predicted octanol–water partition coefficient (Wildman–Crippen LogP) is 11.5. The van der Waals surface area contributed by atoms with E-state index in [2.05, 4.69) is 41.7 Å². The molecule has 2 atom stereocenters. The molecule has 0 fully saturated rings. The second kappa shape index (κ2) is 22.9. The number of para-hydroxylation sites is 2. The van der Waals surface area contributed by atoms with Gasteiger partial charge in [0.1, 0.15) is 11.4 Å². The molecule has 0 heterocycles. The number of aryl methyl sites for hydroxylation is 2. The Hall–Kier alpha value is -6.32. The van der Waals surface area contributed by atoms with Crippen LogP contribution in [0.4, 0.5) is 34.1 Å². The van der Waals surface area contributed by atoms with Crippen molar-refractivity contribution in [2.24, 2.45) is 20.5 Å². The third-order valence-electron chi connectivity index (χ3n) is 9.70. The average Bonchev–Trinajstić information content (AvgIpc) is 3.27. The topological polar surface area (TPSA) is 200 Å². The third-order valence-corrected chi connectivity index (χ3v) is 11.1. The van der Waals surface area contributed by atoms with Gasteiger partial charge in [-0.3, -0.25) is 28.8 Å². The van der Waals surface area contributed by atoms with E-state index in [-0.39, 0.29) is 44.3 Å². The molecule has 0 aromatic heterocycles. The summed E-state index contributed by atoms with van der Waals surface area (Å²) >= 11 is 25.2. The fourth-order valence-electron chi connectivity index (χ4n) is 6.23. The summed E-state index contributed by atoms with van der Waals surface area (Å²) in [4.78, 5) is 79.0. The molecule has 2 unspecified atom stereocenters. The van der Waals surface area contributed by atoms with Gasteiger partial charge in [-0.2, -0.15) is 20.5 Å². The maximum absolute atomic E-state index is 13.6. The molecule has 5 aromatic carbocycles. The molecule has 5 rings (SSSR count). The van der Waals surface area contributed by atoms with Crippen molar-refractivity contribution in [3.8, 4) is 0 Å². The summed E-state index contributed by atoms with van der Waals surface area (Å²) < 4.78 is 0. The van der Waals surface area contributed by atoms with Gasteiger partial charge in [0, 0.05) is 34.5 Å². The van der Waals surface area contributed by atoms with Gasteiger partial charge in [-0.25, -0.2) is 0 Å². The van der Waals surface area contributed by atoms with Crippen LogP contribution in [0.25, 0.3) is 0 Å². The first-order chi connectivity index (χ1) is 30.7. The van der Waals surface area contributed by atoms with Gasteiger partial charge in [0.15, 0.2) is 11.6 Å². The summed E-state index contributed by atoms with van der Waals surface area (Å²) in [6.45, 7) is 6.03. The summed E-state index contributed by atoms with van der Waals surface area (Å²) in [7, 11) is 0. The van der Waals surface area contributed by atoms with Crippen LogP contribution in [-0.2, 0) is 43.8 Å². The molecule has 64 heavy (non-hydrogen) atoms. The van der Waals surface area contributed by atoms with Crippen molar-refractivity contribution in [2.45, 2.75) is 64.4 Å². The van der Waals surface area contributed by atoms with E-state index in [1.54, 1.807) is 60.7 Å². The van der Waals surface area contributed by atoms with Crippen LogP contribution in [0.5, 0.6) is 0 Å². The minimum Gasteiger partial charge on any atom is -0.323 e. The van der Waals surface area contributed by atoms with Crippen LogP contribution in [0.2, 0.25) is 10.0 Å².